The van der Waals surface area contributed by atoms with Gasteiger partial charge in [-0.05, 0) is 51.2 Å². The second-order valence-corrected chi connectivity index (χ2v) is 6.78. The highest BCUT2D eigenvalue weighted by molar-refractivity contribution is 8.00. The van der Waals surface area contributed by atoms with E-state index in [4.69, 9.17) is 5.73 Å². The lowest BCUT2D eigenvalue weighted by atomic mass is 9.95. The Labute approximate surface area is 122 Å². The fourth-order valence-electron chi connectivity index (χ4n) is 1.62. The number of aromatic nitrogens is 2. The largest absolute Gasteiger partial charge is 0.368 e. The summed E-state index contributed by atoms with van der Waals surface area (Å²) in [5.74, 6) is 1.46. The first-order valence-corrected chi connectivity index (χ1v) is 8.22. The van der Waals surface area contributed by atoms with E-state index in [2.05, 4.69) is 21.6 Å². The lowest BCUT2D eigenvalue weighted by Crippen LogP contribution is -2.53. The molecule has 1 heterocycles. The molecule has 3 N–H and O–H groups in total. The summed E-state index contributed by atoms with van der Waals surface area (Å²) < 4.78 is 5.12. The monoisotopic (exact) mass is 302 g/mol. The van der Waals surface area contributed by atoms with E-state index in [1.807, 2.05) is 13.8 Å². The third-order valence-corrected chi connectivity index (χ3v) is 4.88. The number of thioether (sulfide) groups is 1. The highest BCUT2D eigenvalue weighted by atomic mass is 32.2. The van der Waals surface area contributed by atoms with Gasteiger partial charge >= 0.3 is 0 Å². The molecule has 0 radical (unpaired) electrons. The Morgan fingerprint density at radius 3 is 2.84 bits per heavy atom. The van der Waals surface area contributed by atoms with Crippen molar-refractivity contribution >= 4 is 29.2 Å². The van der Waals surface area contributed by atoms with Gasteiger partial charge in [0.25, 0.3) is 0 Å². The fourth-order valence-corrected chi connectivity index (χ4v) is 3.28. The van der Waals surface area contributed by atoms with Crippen LogP contribution in [0.5, 0.6) is 0 Å². The number of nitrogens with two attached hydrogens (primary N) is 1. The quantitative estimate of drug-likeness (QED) is 0.538. The van der Waals surface area contributed by atoms with Gasteiger partial charge in [0.2, 0.25) is 5.91 Å². The molecule has 7 heteroatoms. The maximum Gasteiger partial charge on any atom is 0.237 e. The first-order valence-electron chi connectivity index (χ1n) is 6.46. The third-order valence-electron chi connectivity index (χ3n) is 2.86. The Morgan fingerprint density at radius 1 is 1.58 bits per heavy atom. The number of hydrogen-bond acceptors (Lipinski definition) is 6. The van der Waals surface area contributed by atoms with Crippen molar-refractivity contribution in [1.82, 2.24) is 14.7 Å². The van der Waals surface area contributed by atoms with Gasteiger partial charge in [-0.3, -0.25) is 4.79 Å². The van der Waals surface area contributed by atoms with Crippen LogP contribution in [-0.4, -0.2) is 33.1 Å². The topological polar surface area (TPSA) is 80.9 Å². The van der Waals surface area contributed by atoms with Crippen LogP contribution in [0.1, 0.15) is 38.9 Å². The van der Waals surface area contributed by atoms with E-state index in [1.54, 1.807) is 11.8 Å². The summed E-state index contributed by atoms with van der Waals surface area (Å²) in [4.78, 5) is 15.8. The molecule has 108 valence electrons. The van der Waals surface area contributed by atoms with Gasteiger partial charge in [-0.25, -0.2) is 4.98 Å². The van der Waals surface area contributed by atoms with Crippen molar-refractivity contribution in [2.45, 2.75) is 49.9 Å². The zero-order chi connectivity index (χ0) is 14.3. The standard InChI is InChI=1S/C12H22N4OS2/c1-4-7-14-12(3,10(13)17)6-5-8-18-11-15-9(2)16-19-11/h14H,4-8H2,1-3H3,(H2,13,17). The van der Waals surface area contributed by atoms with E-state index >= 15 is 0 Å². The molecule has 1 unspecified atom stereocenters. The molecule has 0 aliphatic carbocycles. The van der Waals surface area contributed by atoms with Crippen molar-refractivity contribution < 1.29 is 4.79 Å². The zero-order valence-corrected chi connectivity index (χ0v) is 13.4. The van der Waals surface area contributed by atoms with Gasteiger partial charge in [0.05, 0.1) is 5.54 Å². The van der Waals surface area contributed by atoms with Gasteiger partial charge in [0, 0.05) is 5.75 Å². The van der Waals surface area contributed by atoms with Crippen molar-refractivity contribution in [3.63, 3.8) is 0 Å². The lowest BCUT2D eigenvalue weighted by Gasteiger charge is -2.27. The Hall–Kier alpha value is -0.660. The smallest absolute Gasteiger partial charge is 0.237 e. The van der Waals surface area contributed by atoms with Gasteiger partial charge in [-0.1, -0.05) is 18.7 Å². The molecule has 0 saturated heterocycles. The number of hydrogen-bond donors (Lipinski definition) is 2. The van der Waals surface area contributed by atoms with Crippen LogP contribution in [0, 0.1) is 6.92 Å². The van der Waals surface area contributed by atoms with Crippen LogP contribution < -0.4 is 11.1 Å². The summed E-state index contributed by atoms with van der Waals surface area (Å²) in [7, 11) is 0. The molecule has 0 aliphatic heterocycles. The average molecular weight is 302 g/mol. The van der Waals surface area contributed by atoms with E-state index in [-0.39, 0.29) is 5.91 Å². The van der Waals surface area contributed by atoms with Crippen molar-refractivity contribution in [2.24, 2.45) is 5.73 Å². The number of amides is 1. The highest BCUT2D eigenvalue weighted by Crippen LogP contribution is 2.22. The molecule has 1 rings (SSSR count). The van der Waals surface area contributed by atoms with Gasteiger partial charge in [-0.2, -0.15) is 4.37 Å². The number of aryl methyl sites for hydroxylation is 1. The van der Waals surface area contributed by atoms with Gasteiger partial charge in [0.1, 0.15) is 5.82 Å². The first-order chi connectivity index (χ1) is 8.98. The molecular formula is C12H22N4OS2. The molecule has 0 bridgehead atoms. The second kappa shape index (κ2) is 7.81. The minimum atomic E-state index is -0.604. The summed E-state index contributed by atoms with van der Waals surface area (Å²) in [6.07, 6.45) is 2.65. The van der Waals surface area contributed by atoms with Crippen LogP contribution in [0.2, 0.25) is 0 Å². The summed E-state index contributed by atoms with van der Waals surface area (Å²) in [6.45, 7) is 6.65. The Morgan fingerprint density at radius 2 is 2.32 bits per heavy atom. The molecule has 5 nitrogen and oxygen atoms in total. The van der Waals surface area contributed by atoms with Crippen molar-refractivity contribution in [1.29, 1.82) is 0 Å². The Kier molecular flexibility index (Phi) is 6.74. The number of nitrogens with zero attached hydrogens (tertiary/aromatic N) is 2. The Bertz CT molecular complexity index is 410. The molecule has 0 aliphatic rings. The molecule has 1 amide bonds. The summed E-state index contributed by atoms with van der Waals surface area (Å²) >= 11 is 3.10. The number of rotatable bonds is 9. The van der Waals surface area contributed by atoms with E-state index in [9.17, 15) is 4.79 Å². The molecule has 1 aromatic rings. The second-order valence-electron chi connectivity index (χ2n) is 4.68. The third kappa shape index (κ3) is 5.46. The molecule has 0 aromatic carbocycles. The number of carbonyl (C=O) groups is 1. The van der Waals surface area contributed by atoms with Crippen molar-refractivity contribution in [2.75, 3.05) is 12.3 Å². The SMILES string of the molecule is CCCNC(C)(CCCSc1nc(C)ns1)C(N)=O. The lowest BCUT2D eigenvalue weighted by molar-refractivity contribution is -0.124. The molecule has 0 saturated carbocycles. The first kappa shape index (κ1) is 16.4. The van der Waals surface area contributed by atoms with Gasteiger partial charge < -0.3 is 11.1 Å². The minimum absolute atomic E-state index is 0.280. The van der Waals surface area contributed by atoms with Crippen LogP contribution in [0.15, 0.2) is 4.34 Å². The average Bonchev–Trinajstić information content (AvgIpc) is 2.78. The molecule has 1 aromatic heterocycles. The van der Waals surface area contributed by atoms with E-state index < -0.39 is 5.54 Å². The normalized spacial score (nSPS) is 14.3. The Balaban J connectivity index is 2.34. The molecule has 0 spiro atoms. The van der Waals surface area contributed by atoms with Crippen LogP contribution in [0.3, 0.4) is 0 Å². The van der Waals surface area contributed by atoms with Crippen LogP contribution in [-0.2, 0) is 4.79 Å². The summed E-state index contributed by atoms with van der Waals surface area (Å²) in [5.41, 5.74) is 4.88. The number of nitrogens with one attached hydrogen (secondary N) is 1. The molecule has 0 fully saturated rings. The van der Waals surface area contributed by atoms with Crippen LogP contribution in [0.4, 0.5) is 0 Å². The summed E-state index contributed by atoms with van der Waals surface area (Å²) in [5, 5.41) is 3.24. The maximum absolute atomic E-state index is 11.5. The number of carbonyl (C=O) groups excluding carboxylic acids is 1. The minimum Gasteiger partial charge on any atom is -0.368 e. The fraction of sp³-hybridized carbons (Fsp3) is 0.750. The van der Waals surface area contributed by atoms with Gasteiger partial charge in [-0.15, -0.1) is 0 Å². The predicted molar refractivity (Wildman–Crippen MR) is 80.5 cm³/mol. The highest BCUT2D eigenvalue weighted by Gasteiger charge is 2.29. The van der Waals surface area contributed by atoms with E-state index in [1.165, 1.54) is 11.5 Å². The zero-order valence-electron chi connectivity index (χ0n) is 11.7. The molecule has 19 heavy (non-hydrogen) atoms. The molecule has 1 atom stereocenters. The summed E-state index contributed by atoms with van der Waals surface area (Å²) in [6, 6.07) is 0. The van der Waals surface area contributed by atoms with Crippen molar-refractivity contribution in [3.05, 3.63) is 5.82 Å². The van der Waals surface area contributed by atoms with E-state index in [0.29, 0.717) is 0 Å². The molecular weight excluding hydrogens is 280 g/mol. The van der Waals surface area contributed by atoms with Crippen molar-refractivity contribution in [3.8, 4) is 0 Å². The predicted octanol–water partition coefficient (Wildman–Crippen LogP) is 1.96. The number of primary amides is 1. The maximum atomic E-state index is 11.5. The van der Waals surface area contributed by atoms with Crippen LogP contribution >= 0.6 is 23.3 Å². The van der Waals surface area contributed by atoms with Crippen LogP contribution in [0.25, 0.3) is 0 Å². The van der Waals surface area contributed by atoms with E-state index in [0.717, 1.165) is 41.7 Å². The van der Waals surface area contributed by atoms with Gasteiger partial charge in [0.15, 0.2) is 4.34 Å².